The van der Waals surface area contributed by atoms with E-state index in [1.165, 1.54) is 24.3 Å². The van der Waals surface area contributed by atoms with E-state index in [9.17, 15) is 18.0 Å². The van der Waals surface area contributed by atoms with Crippen LogP contribution < -0.4 is 10.1 Å². The molecule has 0 unspecified atom stereocenters. The molecule has 1 heterocycles. The highest BCUT2D eigenvalue weighted by Gasteiger charge is 2.32. The summed E-state index contributed by atoms with van der Waals surface area (Å²) in [6.07, 6.45) is -4.81. The van der Waals surface area contributed by atoms with Crippen molar-refractivity contribution in [2.45, 2.75) is 12.9 Å². The van der Waals surface area contributed by atoms with Gasteiger partial charge in [-0.25, -0.2) is 0 Å². The molecule has 1 N–H and O–H groups in total. The zero-order valence-corrected chi connectivity index (χ0v) is 13.3. The molecule has 0 aliphatic carbocycles. The Labute approximate surface area is 145 Å². The lowest BCUT2D eigenvalue weighted by molar-refractivity contribution is -0.274. The van der Waals surface area contributed by atoms with Crippen molar-refractivity contribution < 1.29 is 27.1 Å². The number of halogens is 4. The molecule has 130 valence electrons. The van der Waals surface area contributed by atoms with Gasteiger partial charge in [0, 0.05) is 22.5 Å². The van der Waals surface area contributed by atoms with Crippen LogP contribution in [0.4, 0.5) is 13.2 Å². The normalized spacial score (nSPS) is 11.5. The summed E-state index contributed by atoms with van der Waals surface area (Å²) in [7, 11) is 0. The van der Waals surface area contributed by atoms with Gasteiger partial charge in [0.25, 0.3) is 5.91 Å². The van der Waals surface area contributed by atoms with Gasteiger partial charge < -0.3 is 14.5 Å². The van der Waals surface area contributed by atoms with Crippen molar-refractivity contribution in [1.82, 2.24) is 5.32 Å². The minimum Gasteiger partial charge on any atom is -0.451 e. The average Bonchev–Trinajstić information content (AvgIpc) is 2.95. The lowest BCUT2D eigenvalue weighted by Gasteiger charge is -2.13. The maximum atomic E-state index is 12.4. The summed E-state index contributed by atoms with van der Waals surface area (Å²) in [6.45, 7) is -0.150. The van der Waals surface area contributed by atoms with E-state index in [4.69, 9.17) is 16.0 Å². The Morgan fingerprint density at radius 3 is 2.68 bits per heavy atom. The van der Waals surface area contributed by atoms with Gasteiger partial charge in [0.1, 0.15) is 11.3 Å². The standard InChI is InChI=1S/C17H11ClF3NO3/c18-12-5-6-13-11(7-12)8-15(24-13)16(23)22-9-10-3-1-2-4-14(10)25-17(19,20)21/h1-8H,9H2,(H,22,23). The largest absolute Gasteiger partial charge is 0.573 e. The Morgan fingerprint density at radius 2 is 1.92 bits per heavy atom. The second-order valence-corrected chi connectivity index (χ2v) is 5.57. The molecule has 0 aliphatic heterocycles. The highest BCUT2D eigenvalue weighted by molar-refractivity contribution is 6.31. The van der Waals surface area contributed by atoms with E-state index in [-0.39, 0.29) is 23.6 Å². The number of carbonyl (C=O) groups excluding carboxylic acids is 1. The van der Waals surface area contributed by atoms with Crippen LogP contribution in [0.25, 0.3) is 11.0 Å². The molecule has 8 heteroatoms. The lowest BCUT2D eigenvalue weighted by Crippen LogP contribution is -2.24. The van der Waals surface area contributed by atoms with Crippen molar-refractivity contribution in [1.29, 1.82) is 0 Å². The predicted molar refractivity (Wildman–Crippen MR) is 85.5 cm³/mol. The number of benzene rings is 2. The van der Waals surface area contributed by atoms with Crippen LogP contribution in [0.5, 0.6) is 5.75 Å². The number of hydrogen-bond donors (Lipinski definition) is 1. The Balaban J connectivity index is 1.73. The molecule has 0 fully saturated rings. The van der Waals surface area contributed by atoms with Gasteiger partial charge >= 0.3 is 6.36 Å². The molecule has 1 amide bonds. The molecule has 25 heavy (non-hydrogen) atoms. The molecule has 2 aromatic carbocycles. The number of fused-ring (bicyclic) bond motifs is 1. The first-order chi connectivity index (χ1) is 11.8. The van der Waals surface area contributed by atoms with Gasteiger partial charge in [-0.1, -0.05) is 29.8 Å². The summed E-state index contributed by atoms with van der Waals surface area (Å²) in [6, 6.07) is 12.0. The second-order valence-electron chi connectivity index (χ2n) is 5.13. The van der Waals surface area contributed by atoms with Crippen molar-refractivity contribution in [2.24, 2.45) is 0 Å². The fourth-order valence-corrected chi connectivity index (χ4v) is 2.44. The molecule has 0 saturated carbocycles. The maximum absolute atomic E-state index is 12.4. The van der Waals surface area contributed by atoms with Crippen LogP contribution >= 0.6 is 11.6 Å². The highest BCUT2D eigenvalue weighted by Crippen LogP contribution is 2.26. The predicted octanol–water partition coefficient (Wildman–Crippen LogP) is 4.91. The molecule has 3 aromatic rings. The molecule has 4 nitrogen and oxygen atoms in total. The molecule has 0 radical (unpaired) electrons. The minimum absolute atomic E-state index is 0.0338. The molecule has 1 aromatic heterocycles. The Morgan fingerprint density at radius 1 is 1.16 bits per heavy atom. The SMILES string of the molecule is O=C(NCc1ccccc1OC(F)(F)F)c1cc2cc(Cl)ccc2o1. The quantitative estimate of drug-likeness (QED) is 0.710. The topological polar surface area (TPSA) is 51.5 Å². The van der Waals surface area contributed by atoms with Gasteiger partial charge in [0.2, 0.25) is 0 Å². The van der Waals surface area contributed by atoms with E-state index in [0.29, 0.717) is 16.0 Å². The van der Waals surface area contributed by atoms with Crippen LogP contribution in [-0.2, 0) is 6.54 Å². The van der Waals surface area contributed by atoms with E-state index in [2.05, 4.69) is 10.1 Å². The first-order valence-corrected chi connectivity index (χ1v) is 7.50. The third kappa shape index (κ3) is 4.24. The summed E-state index contributed by atoms with van der Waals surface area (Å²) < 4.78 is 46.5. The summed E-state index contributed by atoms with van der Waals surface area (Å²) in [4.78, 5) is 12.2. The number of alkyl halides is 3. The number of amides is 1. The highest BCUT2D eigenvalue weighted by atomic mass is 35.5. The molecular weight excluding hydrogens is 359 g/mol. The van der Waals surface area contributed by atoms with Gasteiger partial charge in [-0.15, -0.1) is 13.2 Å². The lowest BCUT2D eigenvalue weighted by atomic mass is 10.2. The van der Waals surface area contributed by atoms with E-state index in [1.54, 1.807) is 24.3 Å². The van der Waals surface area contributed by atoms with Crippen LogP contribution in [0.1, 0.15) is 16.1 Å². The zero-order valence-electron chi connectivity index (χ0n) is 12.6. The first kappa shape index (κ1) is 17.2. The number of nitrogens with one attached hydrogen (secondary N) is 1. The summed E-state index contributed by atoms with van der Waals surface area (Å²) in [5.74, 6) is -0.896. The van der Waals surface area contributed by atoms with Gasteiger partial charge in [0.05, 0.1) is 0 Å². The van der Waals surface area contributed by atoms with Gasteiger partial charge in [-0.3, -0.25) is 4.79 Å². The average molecular weight is 370 g/mol. The van der Waals surface area contributed by atoms with Crippen LogP contribution in [0.15, 0.2) is 52.9 Å². The molecular formula is C17H11ClF3NO3. The van der Waals surface area contributed by atoms with Crippen molar-refractivity contribution in [3.05, 3.63) is 64.9 Å². The fraction of sp³-hybridized carbons (Fsp3) is 0.118. The van der Waals surface area contributed by atoms with Crippen LogP contribution in [-0.4, -0.2) is 12.3 Å². The Bertz CT molecular complexity index is 921. The Hall–Kier alpha value is -2.67. The Kier molecular flexibility index (Phi) is 4.59. The van der Waals surface area contributed by atoms with Gasteiger partial charge in [-0.05, 0) is 30.3 Å². The summed E-state index contributed by atoms with van der Waals surface area (Å²) in [5, 5.41) is 3.65. The number of hydrogen-bond acceptors (Lipinski definition) is 3. The molecule has 0 aliphatic rings. The zero-order chi connectivity index (χ0) is 18.0. The number of furan rings is 1. The number of ether oxygens (including phenoxy) is 1. The second kappa shape index (κ2) is 6.68. The van der Waals surface area contributed by atoms with Crippen LogP contribution in [0.2, 0.25) is 5.02 Å². The number of carbonyl (C=O) groups is 1. The molecule has 3 rings (SSSR count). The third-order valence-corrected chi connectivity index (χ3v) is 3.57. The van der Waals surface area contributed by atoms with Crippen LogP contribution in [0.3, 0.4) is 0 Å². The molecule has 0 atom stereocenters. The fourth-order valence-electron chi connectivity index (χ4n) is 2.26. The summed E-state index contributed by atoms with van der Waals surface area (Å²) in [5.41, 5.74) is 0.669. The number of para-hydroxylation sites is 1. The van der Waals surface area contributed by atoms with E-state index in [0.717, 1.165) is 0 Å². The smallest absolute Gasteiger partial charge is 0.451 e. The van der Waals surface area contributed by atoms with Crippen LogP contribution in [0, 0.1) is 0 Å². The van der Waals surface area contributed by atoms with E-state index in [1.807, 2.05) is 0 Å². The minimum atomic E-state index is -4.81. The van der Waals surface area contributed by atoms with Gasteiger partial charge in [-0.2, -0.15) is 0 Å². The molecule has 0 saturated heterocycles. The summed E-state index contributed by atoms with van der Waals surface area (Å²) >= 11 is 5.87. The number of rotatable bonds is 4. The monoisotopic (exact) mass is 369 g/mol. The third-order valence-electron chi connectivity index (χ3n) is 3.34. The van der Waals surface area contributed by atoms with E-state index < -0.39 is 12.3 Å². The van der Waals surface area contributed by atoms with Crippen molar-refractivity contribution in [3.8, 4) is 5.75 Å². The van der Waals surface area contributed by atoms with E-state index >= 15 is 0 Å². The van der Waals surface area contributed by atoms with Crippen molar-refractivity contribution in [3.63, 3.8) is 0 Å². The maximum Gasteiger partial charge on any atom is 0.573 e. The van der Waals surface area contributed by atoms with Crippen molar-refractivity contribution >= 4 is 28.5 Å². The molecule has 0 spiro atoms. The van der Waals surface area contributed by atoms with Crippen molar-refractivity contribution in [2.75, 3.05) is 0 Å². The first-order valence-electron chi connectivity index (χ1n) is 7.13. The van der Waals surface area contributed by atoms with Gasteiger partial charge in [0.15, 0.2) is 5.76 Å². The molecule has 0 bridgehead atoms.